The molecule has 1 aromatic heterocycles. The van der Waals surface area contributed by atoms with Gasteiger partial charge in [0.2, 0.25) is 5.91 Å². The van der Waals surface area contributed by atoms with E-state index in [2.05, 4.69) is 15.5 Å². The van der Waals surface area contributed by atoms with Crippen LogP contribution in [-0.4, -0.2) is 40.1 Å². The van der Waals surface area contributed by atoms with Gasteiger partial charge in [-0.25, -0.2) is 4.39 Å². The minimum Gasteiger partial charge on any atom is -0.385 e. The zero-order valence-corrected chi connectivity index (χ0v) is 18.4. The van der Waals surface area contributed by atoms with Crippen molar-refractivity contribution in [3.05, 3.63) is 58.3 Å². The Bertz CT molecular complexity index is 1010. The molecular weight excluding hydrogens is 450 g/mol. The minimum atomic E-state index is -0.466. The fraction of sp³-hybridized carbons (Fsp3) is 0.250. The Kier molecular flexibility index (Phi) is 8.09. The summed E-state index contributed by atoms with van der Waals surface area (Å²) in [7, 11) is 1.65. The second-order valence-electron chi connectivity index (χ2n) is 6.27. The molecule has 1 N–H and O–H groups in total. The van der Waals surface area contributed by atoms with E-state index in [0.29, 0.717) is 34.8 Å². The summed E-state index contributed by atoms with van der Waals surface area (Å²) in [6.45, 7) is 1.22. The minimum absolute atomic E-state index is 0.0940. The maximum atomic E-state index is 13.2. The number of nitrogens with zero attached hydrogens (tertiary/aromatic N) is 3. The van der Waals surface area contributed by atoms with E-state index in [1.165, 1.54) is 23.9 Å². The third-order valence-electron chi connectivity index (χ3n) is 4.09. The number of ether oxygens (including phenoxy) is 1. The van der Waals surface area contributed by atoms with Crippen molar-refractivity contribution in [2.45, 2.75) is 18.1 Å². The van der Waals surface area contributed by atoms with Crippen LogP contribution in [0.1, 0.15) is 6.42 Å². The number of benzene rings is 2. The summed E-state index contributed by atoms with van der Waals surface area (Å²) in [5, 5.41) is 12.6. The highest BCUT2D eigenvalue weighted by atomic mass is 35.5. The molecule has 158 valence electrons. The Hall–Kier alpha value is -2.13. The summed E-state index contributed by atoms with van der Waals surface area (Å²) in [5.41, 5.74) is 1.23. The summed E-state index contributed by atoms with van der Waals surface area (Å²) < 4.78 is 20.2. The Morgan fingerprint density at radius 2 is 1.97 bits per heavy atom. The highest BCUT2D eigenvalue weighted by molar-refractivity contribution is 7.99. The van der Waals surface area contributed by atoms with Crippen molar-refractivity contribution >= 4 is 46.6 Å². The van der Waals surface area contributed by atoms with Crippen LogP contribution < -0.4 is 5.32 Å². The number of amides is 1. The molecule has 0 unspecified atom stereocenters. The molecule has 10 heteroatoms. The van der Waals surface area contributed by atoms with E-state index < -0.39 is 5.82 Å². The van der Waals surface area contributed by atoms with Crippen molar-refractivity contribution in [3.8, 4) is 11.4 Å². The number of anilines is 1. The second kappa shape index (κ2) is 10.8. The number of aromatic nitrogens is 3. The number of thioether (sulfide) groups is 1. The van der Waals surface area contributed by atoms with Gasteiger partial charge in [0.25, 0.3) is 0 Å². The first-order valence-corrected chi connectivity index (χ1v) is 10.8. The predicted molar refractivity (Wildman–Crippen MR) is 118 cm³/mol. The fourth-order valence-corrected chi connectivity index (χ4v) is 3.79. The van der Waals surface area contributed by atoms with Crippen LogP contribution in [-0.2, 0) is 16.1 Å². The van der Waals surface area contributed by atoms with Gasteiger partial charge in [0.05, 0.1) is 16.5 Å². The number of halogens is 3. The molecule has 0 spiro atoms. The van der Waals surface area contributed by atoms with Gasteiger partial charge in [0.1, 0.15) is 5.82 Å². The molecular formula is C20H19Cl2FN4O2S. The normalized spacial score (nSPS) is 10.9. The van der Waals surface area contributed by atoms with E-state index in [0.717, 1.165) is 18.1 Å². The standard InChI is InChI=1S/C20H19Cl2FN4O2S/c1-29-10-2-9-27-19(13-3-5-14(21)6-4-13)25-26-20(27)30-12-18(28)24-17-8-7-15(23)11-16(17)22/h3-8,11H,2,9-10,12H2,1H3,(H,24,28). The van der Waals surface area contributed by atoms with Gasteiger partial charge in [-0.3, -0.25) is 4.79 Å². The maximum absolute atomic E-state index is 13.2. The first kappa shape index (κ1) is 22.6. The highest BCUT2D eigenvalue weighted by Crippen LogP contribution is 2.27. The predicted octanol–water partition coefficient (Wildman–Crippen LogP) is 5.16. The van der Waals surface area contributed by atoms with E-state index in [1.807, 2.05) is 16.7 Å². The van der Waals surface area contributed by atoms with Crippen LogP contribution in [0.15, 0.2) is 47.6 Å². The van der Waals surface area contributed by atoms with Crippen molar-refractivity contribution in [2.24, 2.45) is 0 Å². The average molecular weight is 469 g/mol. The van der Waals surface area contributed by atoms with Crippen LogP contribution in [0.25, 0.3) is 11.4 Å². The van der Waals surface area contributed by atoms with Crippen molar-refractivity contribution in [2.75, 3.05) is 24.8 Å². The van der Waals surface area contributed by atoms with Gasteiger partial charge < -0.3 is 14.6 Å². The number of methoxy groups -OCH3 is 1. The smallest absolute Gasteiger partial charge is 0.234 e. The first-order valence-electron chi connectivity index (χ1n) is 9.03. The van der Waals surface area contributed by atoms with Crippen LogP contribution in [0.2, 0.25) is 10.0 Å². The van der Waals surface area contributed by atoms with Gasteiger partial charge in [-0.15, -0.1) is 10.2 Å². The van der Waals surface area contributed by atoms with Gasteiger partial charge in [0, 0.05) is 30.8 Å². The fourth-order valence-electron chi connectivity index (χ4n) is 2.68. The topological polar surface area (TPSA) is 69.0 Å². The molecule has 0 aliphatic heterocycles. The van der Waals surface area contributed by atoms with Crippen LogP contribution >= 0.6 is 35.0 Å². The van der Waals surface area contributed by atoms with Crippen molar-refractivity contribution in [3.63, 3.8) is 0 Å². The van der Waals surface area contributed by atoms with E-state index >= 15 is 0 Å². The molecule has 0 saturated heterocycles. The first-order chi connectivity index (χ1) is 14.5. The van der Waals surface area contributed by atoms with Crippen LogP contribution in [0.5, 0.6) is 0 Å². The highest BCUT2D eigenvalue weighted by Gasteiger charge is 2.16. The van der Waals surface area contributed by atoms with Gasteiger partial charge in [-0.05, 0) is 48.9 Å². The van der Waals surface area contributed by atoms with Gasteiger partial charge >= 0.3 is 0 Å². The molecule has 2 aromatic carbocycles. The number of nitrogens with one attached hydrogen (secondary N) is 1. The molecule has 0 fully saturated rings. The Morgan fingerprint density at radius 1 is 1.20 bits per heavy atom. The summed E-state index contributed by atoms with van der Waals surface area (Å²) in [6, 6.07) is 11.1. The van der Waals surface area contributed by atoms with Crippen molar-refractivity contribution < 1.29 is 13.9 Å². The lowest BCUT2D eigenvalue weighted by molar-refractivity contribution is -0.113. The molecule has 30 heavy (non-hydrogen) atoms. The lowest BCUT2D eigenvalue weighted by Crippen LogP contribution is -2.15. The quantitative estimate of drug-likeness (QED) is 0.347. The summed E-state index contributed by atoms with van der Waals surface area (Å²) in [6.07, 6.45) is 0.764. The van der Waals surface area contributed by atoms with Gasteiger partial charge in [-0.2, -0.15) is 0 Å². The third kappa shape index (κ3) is 5.95. The van der Waals surface area contributed by atoms with E-state index in [-0.39, 0.29) is 16.7 Å². The molecule has 0 saturated carbocycles. The lowest BCUT2D eigenvalue weighted by Gasteiger charge is -2.11. The van der Waals surface area contributed by atoms with Crippen LogP contribution in [0, 0.1) is 5.82 Å². The van der Waals surface area contributed by atoms with Crippen LogP contribution in [0.3, 0.4) is 0 Å². The SMILES string of the molecule is COCCCn1c(SCC(=O)Nc2ccc(F)cc2Cl)nnc1-c1ccc(Cl)cc1. The van der Waals surface area contributed by atoms with E-state index in [1.54, 1.807) is 19.2 Å². The molecule has 0 bridgehead atoms. The maximum Gasteiger partial charge on any atom is 0.234 e. The molecule has 1 amide bonds. The molecule has 3 aromatic rings. The average Bonchev–Trinajstić information content (AvgIpc) is 3.12. The van der Waals surface area contributed by atoms with E-state index in [9.17, 15) is 9.18 Å². The zero-order chi connectivity index (χ0) is 21.5. The Balaban J connectivity index is 1.72. The second-order valence-corrected chi connectivity index (χ2v) is 8.06. The summed E-state index contributed by atoms with van der Waals surface area (Å²) in [4.78, 5) is 12.3. The molecule has 3 rings (SSSR count). The molecule has 0 atom stereocenters. The zero-order valence-electron chi connectivity index (χ0n) is 16.1. The van der Waals surface area contributed by atoms with E-state index in [4.69, 9.17) is 27.9 Å². The number of carbonyl (C=O) groups excluding carboxylic acids is 1. The van der Waals surface area contributed by atoms with Gasteiger partial charge in [0.15, 0.2) is 11.0 Å². The number of hydrogen-bond donors (Lipinski definition) is 1. The molecule has 0 aliphatic rings. The largest absolute Gasteiger partial charge is 0.385 e. The molecule has 0 radical (unpaired) electrons. The Labute approximate surface area is 187 Å². The summed E-state index contributed by atoms with van der Waals surface area (Å²) >= 11 is 13.2. The molecule has 6 nitrogen and oxygen atoms in total. The summed E-state index contributed by atoms with van der Waals surface area (Å²) in [5.74, 6) is 0.0306. The van der Waals surface area contributed by atoms with Crippen molar-refractivity contribution in [1.29, 1.82) is 0 Å². The lowest BCUT2D eigenvalue weighted by atomic mass is 10.2. The van der Waals surface area contributed by atoms with Crippen LogP contribution in [0.4, 0.5) is 10.1 Å². The number of hydrogen-bond acceptors (Lipinski definition) is 5. The number of carbonyl (C=O) groups is 1. The molecule has 0 aliphatic carbocycles. The Morgan fingerprint density at radius 3 is 2.67 bits per heavy atom. The monoisotopic (exact) mass is 468 g/mol. The van der Waals surface area contributed by atoms with Gasteiger partial charge in [-0.1, -0.05) is 35.0 Å². The van der Waals surface area contributed by atoms with Crippen molar-refractivity contribution in [1.82, 2.24) is 14.8 Å². The molecule has 1 heterocycles. The third-order valence-corrected chi connectivity index (χ3v) is 5.62. The number of rotatable bonds is 9.